The van der Waals surface area contributed by atoms with Gasteiger partial charge in [-0.1, -0.05) is 36.4 Å². The van der Waals surface area contributed by atoms with Crippen LogP contribution < -0.4 is 4.74 Å². The monoisotopic (exact) mass is 358 g/mol. The Hall–Kier alpha value is -2.59. The van der Waals surface area contributed by atoms with Gasteiger partial charge in [-0.25, -0.2) is 4.79 Å². The smallest absolute Gasteiger partial charge is 0.341 e. The quantitative estimate of drug-likeness (QED) is 0.423. The standard InChI is InChI=1S/C20H19ClO4/c1-13(11-19(21)22)16-9-10-18(17(12-16)20(23)24-3)25-14(2)15-7-5-4-6-8-15/h4-12,14H,1-3H3/b13-11+. The highest BCUT2D eigenvalue weighted by Crippen LogP contribution is 2.29. The van der Waals surface area contributed by atoms with Gasteiger partial charge in [0.05, 0.1) is 7.11 Å². The summed E-state index contributed by atoms with van der Waals surface area (Å²) in [6.45, 7) is 3.64. The summed E-state index contributed by atoms with van der Waals surface area (Å²) in [6.07, 6.45) is 1.06. The van der Waals surface area contributed by atoms with Crippen LogP contribution in [0.25, 0.3) is 5.57 Å². The summed E-state index contributed by atoms with van der Waals surface area (Å²) in [4.78, 5) is 23.2. The molecule has 5 heteroatoms. The van der Waals surface area contributed by atoms with Gasteiger partial charge in [-0.2, -0.15) is 0 Å². The Morgan fingerprint density at radius 3 is 2.40 bits per heavy atom. The van der Waals surface area contributed by atoms with Crippen LogP contribution in [0.3, 0.4) is 0 Å². The van der Waals surface area contributed by atoms with Crippen LogP contribution in [0.15, 0.2) is 54.6 Å². The lowest BCUT2D eigenvalue weighted by Gasteiger charge is -2.18. The van der Waals surface area contributed by atoms with Crippen molar-refractivity contribution in [2.75, 3.05) is 7.11 Å². The first kappa shape index (κ1) is 18.7. The lowest BCUT2D eigenvalue weighted by molar-refractivity contribution is -0.107. The number of benzene rings is 2. The number of allylic oxidation sites excluding steroid dienone is 2. The Balaban J connectivity index is 2.37. The van der Waals surface area contributed by atoms with Crippen molar-refractivity contribution in [3.8, 4) is 5.75 Å². The molecule has 1 atom stereocenters. The zero-order valence-corrected chi connectivity index (χ0v) is 15.0. The van der Waals surface area contributed by atoms with E-state index in [2.05, 4.69) is 0 Å². The third-order valence-corrected chi connectivity index (χ3v) is 3.85. The number of carbonyl (C=O) groups excluding carboxylic acids is 2. The van der Waals surface area contributed by atoms with Crippen molar-refractivity contribution in [2.24, 2.45) is 0 Å². The number of esters is 1. The van der Waals surface area contributed by atoms with Gasteiger partial charge in [0.25, 0.3) is 0 Å². The third kappa shape index (κ3) is 4.94. The van der Waals surface area contributed by atoms with Crippen molar-refractivity contribution in [3.63, 3.8) is 0 Å². The molecule has 0 aliphatic carbocycles. The van der Waals surface area contributed by atoms with Gasteiger partial charge in [-0.15, -0.1) is 0 Å². The van der Waals surface area contributed by atoms with Crippen molar-refractivity contribution in [1.82, 2.24) is 0 Å². The second kappa shape index (κ2) is 8.49. The minimum absolute atomic E-state index is 0.239. The first-order valence-electron chi connectivity index (χ1n) is 7.74. The number of hydrogen-bond donors (Lipinski definition) is 0. The molecule has 130 valence electrons. The molecular weight excluding hydrogens is 340 g/mol. The summed E-state index contributed by atoms with van der Waals surface area (Å²) in [6, 6.07) is 14.8. The Morgan fingerprint density at radius 1 is 1.12 bits per heavy atom. The molecule has 25 heavy (non-hydrogen) atoms. The van der Waals surface area contributed by atoms with Crippen molar-refractivity contribution < 1.29 is 19.1 Å². The molecule has 0 saturated carbocycles. The normalized spacial score (nSPS) is 12.4. The molecule has 0 N–H and O–H groups in total. The maximum absolute atomic E-state index is 12.1. The van der Waals surface area contributed by atoms with Crippen molar-refractivity contribution >= 4 is 28.4 Å². The largest absolute Gasteiger partial charge is 0.485 e. The van der Waals surface area contributed by atoms with Crippen molar-refractivity contribution in [2.45, 2.75) is 20.0 Å². The van der Waals surface area contributed by atoms with Crippen molar-refractivity contribution in [1.29, 1.82) is 0 Å². The summed E-state index contributed by atoms with van der Waals surface area (Å²) in [5, 5.41) is -0.574. The highest BCUT2D eigenvalue weighted by molar-refractivity contribution is 6.67. The van der Waals surface area contributed by atoms with E-state index in [1.54, 1.807) is 25.1 Å². The molecule has 0 aliphatic rings. The fourth-order valence-electron chi connectivity index (χ4n) is 2.38. The fourth-order valence-corrected chi connectivity index (χ4v) is 2.55. The Morgan fingerprint density at radius 2 is 1.80 bits per heavy atom. The molecule has 0 amide bonds. The third-order valence-electron chi connectivity index (χ3n) is 3.74. The van der Waals surface area contributed by atoms with E-state index in [4.69, 9.17) is 21.1 Å². The average Bonchev–Trinajstić information content (AvgIpc) is 2.61. The summed E-state index contributed by atoms with van der Waals surface area (Å²) < 4.78 is 10.8. The number of halogens is 1. The van der Waals surface area contributed by atoms with Gasteiger partial charge in [0.2, 0.25) is 5.24 Å². The van der Waals surface area contributed by atoms with Crippen LogP contribution in [0.2, 0.25) is 0 Å². The molecule has 2 aromatic rings. The second-order valence-corrected chi connectivity index (χ2v) is 5.88. The molecule has 2 rings (SSSR count). The first-order chi connectivity index (χ1) is 11.9. The lowest BCUT2D eigenvalue weighted by Crippen LogP contribution is -2.09. The van der Waals surface area contributed by atoms with Crippen LogP contribution in [0.1, 0.15) is 41.4 Å². The molecule has 0 heterocycles. The molecule has 0 spiro atoms. The zero-order valence-electron chi connectivity index (χ0n) is 14.3. The maximum atomic E-state index is 12.1. The van der Waals surface area contributed by atoms with Crippen LogP contribution >= 0.6 is 11.6 Å². The van der Waals surface area contributed by atoms with Crippen LogP contribution in [0.5, 0.6) is 5.75 Å². The lowest BCUT2D eigenvalue weighted by atomic mass is 10.0. The minimum Gasteiger partial charge on any atom is -0.485 e. The summed E-state index contributed by atoms with van der Waals surface area (Å²) >= 11 is 5.39. The van der Waals surface area contributed by atoms with Crippen LogP contribution in [0, 0.1) is 0 Å². The van der Waals surface area contributed by atoms with E-state index < -0.39 is 11.2 Å². The van der Waals surface area contributed by atoms with Gasteiger partial charge in [-0.05, 0) is 54.3 Å². The van der Waals surface area contributed by atoms with E-state index in [1.165, 1.54) is 13.2 Å². The van der Waals surface area contributed by atoms with Gasteiger partial charge in [0.15, 0.2) is 0 Å². The summed E-state index contributed by atoms with van der Waals surface area (Å²) in [5.74, 6) is -0.0981. The Labute approximate surface area is 152 Å². The molecule has 0 radical (unpaired) electrons. The highest BCUT2D eigenvalue weighted by atomic mass is 35.5. The van der Waals surface area contributed by atoms with E-state index >= 15 is 0 Å². The van der Waals surface area contributed by atoms with Gasteiger partial charge >= 0.3 is 5.97 Å². The molecule has 4 nitrogen and oxygen atoms in total. The molecule has 0 bridgehead atoms. The number of carbonyl (C=O) groups is 2. The molecule has 0 fully saturated rings. The fraction of sp³-hybridized carbons (Fsp3) is 0.200. The molecule has 0 saturated heterocycles. The average molecular weight is 359 g/mol. The molecule has 2 aromatic carbocycles. The van der Waals surface area contributed by atoms with Gasteiger partial charge < -0.3 is 9.47 Å². The molecule has 0 aliphatic heterocycles. The Bertz CT molecular complexity index is 797. The molecule has 1 unspecified atom stereocenters. The maximum Gasteiger partial charge on any atom is 0.341 e. The topological polar surface area (TPSA) is 52.6 Å². The van der Waals surface area contributed by atoms with E-state index in [-0.39, 0.29) is 11.7 Å². The van der Waals surface area contributed by atoms with E-state index in [0.717, 1.165) is 5.56 Å². The van der Waals surface area contributed by atoms with Crippen LogP contribution in [-0.4, -0.2) is 18.3 Å². The minimum atomic E-state index is -0.574. The second-order valence-electron chi connectivity index (χ2n) is 5.50. The number of methoxy groups -OCH3 is 1. The predicted octanol–water partition coefficient (Wildman–Crippen LogP) is 4.78. The molecular formula is C20H19ClO4. The van der Waals surface area contributed by atoms with E-state index in [1.807, 2.05) is 37.3 Å². The van der Waals surface area contributed by atoms with Crippen LogP contribution in [-0.2, 0) is 9.53 Å². The number of rotatable bonds is 6. The summed E-state index contributed by atoms with van der Waals surface area (Å²) in [5.41, 5.74) is 2.62. The molecule has 0 aromatic heterocycles. The summed E-state index contributed by atoms with van der Waals surface area (Å²) in [7, 11) is 1.31. The number of hydrogen-bond acceptors (Lipinski definition) is 4. The highest BCUT2D eigenvalue weighted by Gasteiger charge is 2.17. The van der Waals surface area contributed by atoms with E-state index in [9.17, 15) is 9.59 Å². The predicted molar refractivity (Wildman–Crippen MR) is 97.8 cm³/mol. The van der Waals surface area contributed by atoms with Gasteiger partial charge in [0, 0.05) is 6.08 Å². The Kier molecular flexibility index (Phi) is 6.37. The van der Waals surface area contributed by atoms with Crippen molar-refractivity contribution in [3.05, 3.63) is 71.3 Å². The number of ether oxygens (including phenoxy) is 2. The van der Waals surface area contributed by atoms with E-state index in [0.29, 0.717) is 16.9 Å². The van der Waals surface area contributed by atoms with Gasteiger partial charge in [-0.3, -0.25) is 4.79 Å². The first-order valence-corrected chi connectivity index (χ1v) is 8.12. The zero-order chi connectivity index (χ0) is 18.4. The van der Waals surface area contributed by atoms with Gasteiger partial charge in [0.1, 0.15) is 17.4 Å². The SMILES string of the molecule is COC(=O)c1cc(/C(C)=C/C(=O)Cl)ccc1OC(C)c1ccccc1. The van der Waals surface area contributed by atoms with Crippen LogP contribution in [0.4, 0.5) is 0 Å².